The van der Waals surface area contributed by atoms with Gasteiger partial charge in [-0.15, -0.1) is 0 Å². The smallest absolute Gasteiger partial charge is 0.0968 e. The summed E-state index contributed by atoms with van der Waals surface area (Å²) in [6.45, 7) is 4.05. The van der Waals surface area contributed by atoms with Crippen molar-refractivity contribution in [2.24, 2.45) is 14.1 Å². The summed E-state index contributed by atoms with van der Waals surface area (Å²) in [5.41, 5.74) is 6.68. The molecule has 4 aromatic rings. The lowest BCUT2D eigenvalue weighted by atomic mass is 10.1. The van der Waals surface area contributed by atoms with Gasteiger partial charge < -0.3 is 0 Å². The van der Waals surface area contributed by atoms with Crippen molar-refractivity contribution in [3.05, 3.63) is 58.1 Å². The number of aromatic nitrogens is 6. The largest absolute Gasteiger partial charge is 0.272 e. The van der Waals surface area contributed by atoms with E-state index in [2.05, 4.69) is 16.3 Å². The first-order valence-corrected chi connectivity index (χ1v) is 9.16. The Morgan fingerprint density at radius 1 is 0.815 bits per heavy atom. The molecule has 138 valence electrons. The Morgan fingerprint density at radius 2 is 1.44 bits per heavy atom. The van der Waals surface area contributed by atoms with Gasteiger partial charge in [-0.3, -0.25) is 9.36 Å². The van der Waals surface area contributed by atoms with Gasteiger partial charge in [0.15, 0.2) is 0 Å². The summed E-state index contributed by atoms with van der Waals surface area (Å²) in [6, 6.07) is 7.54. The number of aryl methyl sites for hydroxylation is 2. The minimum atomic E-state index is 0.484. The number of benzene rings is 1. The SMILES string of the molecule is Cc1c(-c2cc(-c3cnn(C)c3C)n(-c3ccc(Cl)c(Cl)c3)n2)cnn1C. The van der Waals surface area contributed by atoms with Crippen molar-refractivity contribution in [2.75, 3.05) is 0 Å². The third-order valence-corrected chi connectivity index (χ3v) is 5.62. The Kier molecular flexibility index (Phi) is 4.32. The monoisotopic (exact) mass is 400 g/mol. The van der Waals surface area contributed by atoms with Crippen LogP contribution in [0.3, 0.4) is 0 Å². The van der Waals surface area contributed by atoms with Crippen molar-refractivity contribution in [1.82, 2.24) is 29.3 Å². The third kappa shape index (κ3) is 2.95. The number of halogens is 2. The summed E-state index contributed by atoms with van der Waals surface area (Å²) in [6.07, 6.45) is 3.68. The van der Waals surface area contributed by atoms with E-state index in [1.807, 2.05) is 66.5 Å². The summed E-state index contributed by atoms with van der Waals surface area (Å²) in [5.74, 6) is 0. The van der Waals surface area contributed by atoms with Crippen molar-refractivity contribution in [3.63, 3.8) is 0 Å². The first kappa shape index (κ1) is 17.8. The zero-order valence-electron chi connectivity index (χ0n) is 15.4. The predicted molar refractivity (Wildman–Crippen MR) is 107 cm³/mol. The second-order valence-corrected chi connectivity index (χ2v) is 7.27. The van der Waals surface area contributed by atoms with E-state index < -0.39 is 0 Å². The van der Waals surface area contributed by atoms with E-state index in [0.717, 1.165) is 39.6 Å². The van der Waals surface area contributed by atoms with Crippen LogP contribution >= 0.6 is 23.2 Å². The highest BCUT2D eigenvalue weighted by molar-refractivity contribution is 6.42. The Hall–Kier alpha value is -2.57. The van der Waals surface area contributed by atoms with E-state index in [0.29, 0.717) is 10.0 Å². The van der Waals surface area contributed by atoms with Crippen LogP contribution < -0.4 is 0 Å². The molecule has 4 rings (SSSR count). The zero-order valence-corrected chi connectivity index (χ0v) is 16.9. The minimum absolute atomic E-state index is 0.484. The van der Waals surface area contributed by atoms with Crippen LogP contribution in [0.5, 0.6) is 0 Å². The topological polar surface area (TPSA) is 53.5 Å². The Balaban J connectivity index is 1.96. The van der Waals surface area contributed by atoms with Crippen LogP contribution in [0.4, 0.5) is 0 Å². The number of hydrogen-bond donors (Lipinski definition) is 0. The molecular formula is C19H18Cl2N6. The van der Waals surface area contributed by atoms with E-state index in [-0.39, 0.29) is 0 Å². The molecule has 0 N–H and O–H groups in total. The van der Waals surface area contributed by atoms with E-state index >= 15 is 0 Å². The van der Waals surface area contributed by atoms with E-state index in [4.69, 9.17) is 28.3 Å². The summed E-state index contributed by atoms with van der Waals surface area (Å²) >= 11 is 12.3. The Morgan fingerprint density at radius 3 is 2.00 bits per heavy atom. The molecule has 0 bridgehead atoms. The van der Waals surface area contributed by atoms with Crippen LogP contribution in [-0.4, -0.2) is 29.3 Å². The fourth-order valence-corrected chi connectivity index (χ4v) is 3.31. The lowest BCUT2D eigenvalue weighted by molar-refractivity contribution is 0.740. The Labute approximate surface area is 166 Å². The van der Waals surface area contributed by atoms with Gasteiger partial charge >= 0.3 is 0 Å². The molecule has 0 saturated heterocycles. The fourth-order valence-electron chi connectivity index (χ4n) is 3.02. The maximum Gasteiger partial charge on any atom is 0.0968 e. The molecule has 1 aromatic carbocycles. The molecule has 27 heavy (non-hydrogen) atoms. The molecule has 6 nitrogen and oxygen atoms in total. The van der Waals surface area contributed by atoms with Crippen molar-refractivity contribution in [2.45, 2.75) is 13.8 Å². The average Bonchev–Trinajstić information content (AvgIpc) is 3.30. The van der Waals surface area contributed by atoms with Crippen LogP contribution in [0.25, 0.3) is 28.2 Å². The fraction of sp³-hybridized carbons (Fsp3) is 0.211. The second-order valence-electron chi connectivity index (χ2n) is 6.46. The molecule has 0 saturated carbocycles. The maximum absolute atomic E-state index is 6.25. The molecule has 8 heteroatoms. The molecular weight excluding hydrogens is 383 g/mol. The standard InChI is InChI=1S/C19H18Cl2N6/c1-11-14(9-22-25(11)3)18-8-19(15-10-23-26(4)12(15)2)27(24-18)13-5-6-16(20)17(21)7-13/h5-10H,1-4H3. The molecule has 0 radical (unpaired) electrons. The van der Waals surface area contributed by atoms with Crippen LogP contribution in [0.15, 0.2) is 36.7 Å². The van der Waals surface area contributed by atoms with E-state index in [9.17, 15) is 0 Å². The van der Waals surface area contributed by atoms with Crippen molar-refractivity contribution >= 4 is 23.2 Å². The molecule has 0 fully saturated rings. The average molecular weight is 401 g/mol. The van der Waals surface area contributed by atoms with Crippen molar-refractivity contribution in [1.29, 1.82) is 0 Å². The van der Waals surface area contributed by atoms with Gasteiger partial charge in [-0.25, -0.2) is 4.68 Å². The van der Waals surface area contributed by atoms with E-state index in [1.165, 1.54) is 0 Å². The first-order valence-electron chi connectivity index (χ1n) is 8.40. The van der Waals surface area contributed by atoms with Crippen LogP contribution in [0, 0.1) is 13.8 Å². The normalized spacial score (nSPS) is 11.3. The second kappa shape index (κ2) is 6.55. The Bertz CT molecular complexity index is 1150. The highest BCUT2D eigenvalue weighted by Gasteiger charge is 2.19. The first-order chi connectivity index (χ1) is 12.9. The van der Waals surface area contributed by atoms with Gasteiger partial charge in [0.25, 0.3) is 0 Å². The molecule has 0 spiro atoms. The van der Waals surface area contributed by atoms with Crippen molar-refractivity contribution in [3.8, 4) is 28.2 Å². The number of rotatable bonds is 3. The number of hydrogen-bond acceptors (Lipinski definition) is 3. The highest BCUT2D eigenvalue weighted by atomic mass is 35.5. The lowest BCUT2D eigenvalue weighted by Gasteiger charge is -2.08. The van der Waals surface area contributed by atoms with Gasteiger partial charge in [-0.1, -0.05) is 23.2 Å². The van der Waals surface area contributed by atoms with E-state index in [1.54, 1.807) is 6.07 Å². The van der Waals surface area contributed by atoms with Crippen LogP contribution in [0.1, 0.15) is 11.4 Å². The summed E-state index contributed by atoms with van der Waals surface area (Å²) in [7, 11) is 3.84. The third-order valence-electron chi connectivity index (χ3n) is 4.88. The molecule has 0 aliphatic carbocycles. The zero-order chi connectivity index (χ0) is 19.3. The van der Waals surface area contributed by atoms with Crippen LogP contribution in [-0.2, 0) is 14.1 Å². The quantitative estimate of drug-likeness (QED) is 0.504. The molecule has 0 atom stereocenters. The molecule has 3 aromatic heterocycles. The highest BCUT2D eigenvalue weighted by Crippen LogP contribution is 2.33. The van der Waals surface area contributed by atoms with Gasteiger partial charge in [0.1, 0.15) is 0 Å². The van der Waals surface area contributed by atoms with Gasteiger partial charge in [0.2, 0.25) is 0 Å². The van der Waals surface area contributed by atoms with Gasteiger partial charge in [-0.2, -0.15) is 15.3 Å². The van der Waals surface area contributed by atoms with Crippen molar-refractivity contribution < 1.29 is 0 Å². The summed E-state index contributed by atoms with van der Waals surface area (Å²) in [4.78, 5) is 0. The summed E-state index contributed by atoms with van der Waals surface area (Å²) in [5, 5.41) is 14.6. The van der Waals surface area contributed by atoms with Crippen LogP contribution in [0.2, 0.25) is 10.0 Å². The predicted octanol–water partition coefficient (Wildman–Crippen LogP) is 4.60. The maximum atomic E-state index is 6.25. The molecule has 3 heterocycles. The van der Waals surface area contributed by atoms with Gasteiger partial charge in [0, 0.05) is 36.6 Å². The van der Waals surface area contributed by atoms with Gasteiger partial charge in [-0.05, 0) is 38.1 Å². The molecule has 0 amide bonds. The minimum Gasteiger partial charge on any atom is -0.272 e. The summed E-state index contributed by atoms with van der Waals surface area (Å²) < 4.78 is 5.55. The molecule has 0 aliphatic rings. The molecule has 0 aliphatic heterocycles. The lowest BCUT2D eigenvalue weighted by Crippen LogP contribution is -2.00. The van der Waals surface area contributed by atoms with Gasteiger partial charge in [0.05, 0.1) is 39.5 Å². The molecule has 0 unspecified atom stereocenters. The number of nitrogens with zero attached hydrogens (tertiary/aromatic N) is 6.